The van der Waals surface area contributed by atoms with Crippen LogP contribution in [0.4, 0.5) is 0 Å². The predicted molar refractivity (Wildman–Crippen MR) is 85.8 cm³/mol. The van der Waals surface area contributed by atoms with Crippen LogP contribution >= 0.6 is 11.6 Å². The lowest BCUT2D eigenvalue weighted by atomic mass is 9.93. The van der Waals surface area contributed by atoms with Crippen LogP contribution in [0.2, 0.25) is 0 Å². The average Bonchev–Trinajstić information content (AvgIpc) is 2.47. The molecule has 106 valence electrons. The molecule has 1 nitrogen and oxygen atoms in total. The highest BCUT2D eigenvalue weighted by Gasteiger charge is 2.12. The first-order valence-corrected chi connectivity index (χ1v) is 7.49. The van der Waals surface area contributed by atoms with Gasteiger partial charge in [0.25, 0.3) is 0 Å². The first-order chi connectivity index (χ1) is 9.72. The van der Waals surface area contributed by atoms with Crippen molar-refractivity contribution in [1.82, 2.24) is 0 Å². The fourth-order valence-corrected chi connectivity index (χ4v) is 2.75. The molecule has 20 heavy (non-hydrogen) atoms. The summed E-state index contributed by atoms with van der Waals surface area (Å²) >= 11 is 6.16. The van der Waals surface area contributed by atoms with Crippen molar-refractivity contribution in [2.45, 2.75) is 19.8 Å². The molecule has 0 spiro atoms. The van der Waals surface area contributed by atoms with Crippen LogP contribution in [0.25, 0.3) is 0 Å². The molecule has 2 aromatic rings. The smallest absolute Gasteiger partial charge is 0.122 e. The minimum Gasteiger partial charge on any atom is -0.496 e. The SMILES string of the molecule is COc1ccccc1CC(CCl)Cc1cccc(C)c1. The lowest BCUT2D eigenvalue weighted by molar-refractivity contribution is 0.405. The Labute approximate surface area is 126 Å². The molecule has 0 aromatic heterocycles. The van der Waals surface area contributed by atoms with E-state index in [1.165, 1.54) is 16.7 Å². The molecule has 0 N–H and O–H groups in total. The number of para-hydroxylation sites is 1. The number of methoxy groups -OCH3 is 1. The van der Waals surface area contributed by atoms with Gasteiger partial charge in [0.1, 0.15) is 5.75 Å². The van der Waals surface area contributed by atoms with Crippen LogP contribution in [0.1, 0.15) is 16.7 Å². The zero-order valence-corrected chi connectivity index (χ0v) is 12.9. The van der Waals surface area contributed by atoms with Gasteiger partial charge in [-0.1, -0.05) is 48.0 Å². The second-order valence-corrected chi connectivity index (χ2v) is 5.54. The van der Waals surface area contributed by atoms with Crippen LogP contribution < -0.4 is 4.74 Å². The lowest BCUT2D eigenvalue weighted by Gasteiger charge is -2.16. The minimum atomic E-state index is 0.426. The number of ether oxygens (including phenoxy) is 1. The summed E-state index contributed by atoms with van der Waals surface area (Å²) in [6.45, 7) is 2.12. The Morgan fingerprint density at radius 3 is 2.55 bits per heavy atom. The highest BCUT2D eigenvalue weighted by molar-refractivity contribution is 6.18. The van der Waals surface area contributed by atoms with E-state index in [0.717, 1.165) is 18.6 Å². The van der Waals surface area contributed by atoms with E-state index in [9.17, 15) is 0 Å². The van der Waals surface area contributed by atoms with Crippen molar-refractivity contribution in [3.8, 4) is 5.75 Å². The van der Waals surface area contributed by atoms with Crippen LogP contribution in [-0.4, -0.2) is 13.0 Å². The van der Waals surface area contributed by atoms with E-state index in [1.54, 1.807) is 7.11 Å². The van der Waals surface area contributed by atoms with Gasteiger partial charge in [-0.2, -0.15) is 0 Å². The Hall–Kier alpha value is -1.47. The predicted octanol–water partition coefficient (Wildman–Crippen LogP) is 4.64. The minimum absolute atomic E-state index is 0.426. The Balaban J connectivity index is 2.09. The van der Waals surface area contributed by atoms with Gasteiger partial charge in [0, 0.05) is 5.88 Å². The summed E-state index contributed by atoms with van der Waals surface area (Å²) in [5.41, 5.74) is 3.88. The molecule has 0 heterocycles. The highest BCUT2D eigenvalue weighted by atomic mass is 35.5. The molecule has 0 aliphatic rings. The monoisotopic (exact) mass is 288 g/mol. The molecule has 2 aromatic carbocycles. The van der Waals surface area contributed by atoms with E-state index in [2.05, 4.69) is 43.3 Å². The van der Waals surface area contributed by atoms with Crippen molar-refractivity contribution >= 4 is 11.6 Å². The van der Waals surface area contributed by atoms with Crippen molar-refractivity contribution in [3.63, 3.8) is 0 Å². The van der Waals surface area contributed by atoms with Gasteiger partial charge in [0.15, 0.2) is 0 Å². The van der Waals surface area contributed by atoms with Crippen molar-refractivity contribution < 1.29 is 4.74 Å². The topological polar surface area (TPSA) is 9.23 Å². The highest BCUT2D eigenvalue weighted by Crippen LogP contribution is 2.23. The molecule has 0 saturated heterocycles. The first kappa shape index (κ1) is 14.9. The maximum Gasteiger partial charge on any atom is 0.122 e. The number of rotatable bonds is 6. The lowest BCUT2D eigenvalue weighted by Crippen LogP contribution is -2.11. The number of halogens is 1. The maximum absolute atomic E-state index is 6.16. The van der Waals surface area contributed by atoms with Crippen LogP contribution in [0.15, 0.2) is 48.5 Å². The Morgan fingerprint density at radius 2 is 1.85 bits per heavy atom. The summed E-state index contributed by atoms with van der Waals surface area (Å²) in [7, 11) is 1.72. The van der Waals surface area contributed by atoms with Crippen LogP contribution in [0.3, 0.4) is 0 Å². The van der Waals surface area contributed by atoms with Gasteiger partial charge in [-0.3, -0.25) is 0 Å². The quantitative estimate of drug-likeness (QED) is 0.704. The summed E-state index contributed by atoms with van der Waals surface area (Å²) in [5, 5.41) is 0. The number of alkyl halides is 1. The summed E-state index contributed by atoms with van der Waals surface area (Å²) in [6, 6.07) is 16.8. The van der Waals surface area contributed by atoms with Gasteiger partial charge < -0.3 is 4.74 Å². The van der Waals surface area contributed by atoms with Crippen LogP contribution in [0.5, 0.6) is 5.75 Å². The first-order valence-electron chi connectivity index (χ1n) is 6.96. The Kier molecular flexibility index (Phi) is 5.49. The number of aryl methyl sites for hydroxylation is 1. The number of hydrogen-bond acceptors (Lipinski definition) is 1. The molecule has 0 aliphatic heterocycles. The van der Waals surface area contributed by atoms with Gasteiger partial charge in [0.05, 0.1) is 7.11 Å². The third-order valence-electron chi connectivity index (χ3n) is 3.53. The molecule has 0 aliphatic carbocycles. The van der Waals surface area contributed by atoms with Crippen LogP contribution in [-0.2, 0) is 12.8 Å². The number of benzene rings is 2. The van der Waals surface area contributed by atoms with Gasteiger partial charge in [0.2, 0.25) is 0 Å². The fraction of sp³-hybridized carbons (Fsp3) is 0.333. The molecule has 0 fully saturated rings. The number of hydrogen-bond donors (Lipinski definition) is 0. The Bertz CT molecular complexity index is 551. The fourth-order valence-electron chi connectivity index (χ4n) is 2.54. The van der Waals surface area contributed by atoms with Gasteiger partial charge >= 0.3 is 0 Å². The van der Waals surface area contributed by atoms with Gasteiger partial charge in [-0.15, -0.1) is 11.6 Å². The zero-order chi connectivity index (χ0) is 14.4. The standard InChI is InChI=1S/C18H21ClO/c1-14-6-5-7-15(10-14)11-16(13-19)12-17-8-3-4-9-18(17)20-2/h3-10,16H,11-13H2,1-2H3. The molecule has 2 heteroatoms. The molecular formula is C18H21ClO. The van der Waals surface area contributed by atoms with Gasteiger partial charge in [-0.25, -0.2) is 0 Å². The normalized spacial score (nSPS) is 12.2. The summed E-state index contributed by atoms with van der Waals surface area (Å²) < 4.78 is 5.42. The Morgan fingerprint density at radius 1 is 1.05 bits per heavy atom. The second kappa shape index (κ2) is 7.35. The van der Waals surface area contributed by atoms with Crippen molar-refractivity contribution in [1.29, 1.82) is 0 Å². The van der Waals surface area contributed by atoms with E-state index in [4.69, 9.17) is 16.3 Å². The molecular weight excluding hydrogens is 268 g/mol. The van der Waals surface area contributed by atoms with Crippen LogP contribution in [0, 0.1) is 12.8 Å². The second-order valence-electron chi connectivity index (χ2n) is 5.23. The average molecular weight is 289 g/mol. The molecule has 1 atom stereocenters. The zero-order valence-electron chi connectivity index (χ0n) is 12.1. The largest absolute Gasteiger partial charge is 0.496 e. The van der Waals surface area contributed by atoms with E-state index in [1.807, 2.05) is 12.1 Å². The molecule has 0 radical (unpaired) electrons. The van der Waals surface area contributed by atoms with E-state index < -0.39 is 0 Å². The molecule has 2 rings (SSSR count). The van der Waals surface area contributed by atoms with Crippen molar-refractivity contribution in [3.05, 3.63) is 65.2 Å². The third kappa shape index (κ3) is 4.01. The van der Waals surface area contributed by atoms with E-state index in [-0.39, 0.29) is 0 Å². The molecule has 0 saturated carbocycles. The summed E-state index contributed by atoms with van der Waals surface area (Å²) in [6.07, 6.45) is 1.95. The summed E-state index contributed by atoms with van der Waals surface area (Å²) in [5.74, 6) is 2.04. The molecule has 1 unspecified atom stereocenters. The van der Waals surface area contributed by atoms with E-state index >= 15 is 0 Å². The van der Waals surface area contributed by atoms with Gasteiger partial charge in [-0.05, 0) is 42.9 Å². The maximum atomic E-state index is 6.16. The third-order valence-corrected chi connectivity index (χ3v) is 3.96. The van der Waals surface area contributed by atoms with E-state index in [0.29, 0.717) is 11.8 Å². The van der Waals surface area contributed by atoms with Crippen molar-refractivity contribution in [2.75, 3.05) is 13.0 Å². The molecule has 0 bridgehead atoms. The summed E-state index contributed by atoms with van der Waals surface area (Å²) in [4.78, 5) is 0. The van der Waals surface area contributed by atoms with Crippen molar-refractivity contribution in [2.24, 2.45) is 5.92 Å². The molecule has 0 amide bonds.